The Labute approximate surface area is 148 Å². The highest BCUT2D eigenvalue weighted by Gasteiger charge is 2.11. The minimum atomic E-state index is -0.396. The molecule has 0 radical (unpaired) electrons. The van der Waals surface area contributed by atoms with Crippen LogP contribution in [0.15, 0.2) is 34.1 Å². The number of hydrogen-bond acceptors (Lipinski definition) is 8. The highest BCUT2D eigenvalue weighted by Crippen LogP contribution is 2.16. The van der Waals surface area contributed by atoms with Crippen molar-refractivity contribution in [3.63, 3.8) is 0 Å². The summed E-state index contributed by atoms with van der Waals surface area (Å²) in [7, 11) is 0. The molecule has 2 aromatic heterocycles. The molecular weight excluding hydrogens is 342 g/mol. The molecule has 0 saturated heterocycles. The van der Waals surface area contributed by atoms with Crippen molar-refractivity contribution in [3.8, 4) is 5.75 Å². The quantitative estimate of drug-likeness (QED) is 0.599. The van der Waals surface area contributed by atoms with Crippen LogP contribution in [0.25, 0.3) is 0 Å². The van der Waals surface area contributed by atoms with Crippen LogP contribution >= 0.6 is 11.3 Å². The molecule has 130 valence electrons. The molecule has 0 N–H and O–H groups in total. The Hall–Kier alpha value is -2.74. The molecule has 25 heavy (non-hydrogen) atoms. The van der Waals surface area contributed by atoms with Crippen LogP contribution in [0.3, 0.4) is 0 Å². The fraction of sp³-hybridized carbons (Fsp3) is 0.294. The molecule has 0 amide bonds. The average Bonchev–Trinajstić information content (AvgIpc) is 3.21. The fourth-order valence-electron chi connectivity index (χ4n) is 2.01. The Morgan fingerprint density at radius 1 is 1.16 bits per heavy atom. The molecule has 7 nitrogen and oxygen atoms in total. The number of thiazole rings is 1. The first-order valence-electron chi connectivity index (χ1n) is 7.66. The number of esters is 1. The molecule has 0 atom stereocenters. The average molecular weight is 359 g/mol. The van der Waals surface area contributed by atoms with E-state index >= 15 is 0 Å². The van der Waals surface area contributed by atoms with Crippen molar-refractivity contribution in [1.82, 2.24) is 15.2 Å². The van der Waals surface area contributed by atoms with Crippen molar-refractivity contribution in [3.05, 3.63) is 57.7 Å². The van der Waals surface area contributed by atoms with Crippen LogP contribution in [0.5, 0.6) is 5.75 Å². The van der Waals surface area contributed by atoms with Crippen LogP contribution in [-0.2, 0) is 29.2 Å². The van der Waals surface area contributed by atoms with Crippen molar-refractivity contribution < 1.29 is 18.7 Å². The molecule has 0 spiro atoms. The van der Waals surface area contributed by atoms with Gasteiger partial charge in [0.2, 0.25) is 5.89 Å². The first-order chi connectivity index (χ1) is 12.1. The molecule has 8 heteroatoms. The third-order valence-corrected chi connectivity index (χ3v) is 4.10. The van der Waals surface area contributed by atoms with Crippen molar-refractivity contribution in [2.24, 2.45) is 0 Å². The van der Waals surface area contributed by atoms with E-state index in [4.69, 9.17) is 13.9 Å². The number of aromatic nitrogens is 3. The van der Waals surface area contributed by atoms with Gasteiger partial charge in [-0.05, 0) is 19.1 Å². The molecule has 0 fully saturated rings. The zero-order valence-corrected chi connectivity index (χ0v) is 14.7. The predicted octanol–water partition coefficient (Wildman–Crippen LogP) is 3.01. The smallest absolute Gasteiger partial charge is 0.312 e. The molecule has 0 aliphatic carbocycles. The normalized spacial score (nSPS) is 10.6. The van der Waals surface area contributed by atoms with Crippen molar-refractivity contribution in [1.29, 1.82) is 0 Å². The lowest BCUT2D eigenvalue weighted by Gasteiger charge is -2.03. The van der Waals surface area contributed by atoms with Gasteiger partial charge in [0.1, 0.15) is 17.4 Å². The molecule has 0 aliphatic rings. The van der Waals surface area contributed by atoms with Crippen molar-refractivity contribution >= 4 is 17.3 Å². The monoisotopic (exact) mass is 359 g/mol. The maximum Gasteiger partial charge on any atom is 0.312 e. The number of aryl methyl sites for hydroxylation is 2. The van der Waals surface area contributed by atoms with Gasteiger partial charge in [0.05, 0.1) is 12.1 Å². The predicted molar refractivity (Wildman–Crippen MR) is 90.2 cm³/mol. The Bertz CT molecular complexity index is 842. The standard InChI is InChI=1S/C17H17N3O4S/c1-11-3-5-14(6-4-11)22-9-16-18-13(10-25-16)7-17(21)23-8-15-20-19-12(2)24-15/h3-6,10H,7-9H2,1-2H3. The number of carbonyl (C=O) groups is 1. The number of ether oxygens (including phenoxy) is 2. The SMILES string of the molecule is Cc1ccc(OCc2nc(CC(=O)OCc3nnc(C)o3)cs2)cc1. The van der Waals surface area contributed by atoms with Gasteiger partial charge < -0.3 is 13.9 Å². The van der Waals surface area contributed by atoms with Gasteiger partial charge in [0, 0.05) is 12.3 Å². The third kappa shape index (κ3) is 5.12. The van der Waals surface area contributed by atoms with Gasteiger partial charge >= 0.3 is 5.97 Å². The molecule has 0 unspecified atom stereocenters. The van der Waals surface area contributed by atoms with E-state index in [-0.39, 0.29) is 18.9 Å². The summed E-state index contributed by atoms with van der Waals surface area (Å²) in [5.41, 5.74) is 1.83. The van der Waals surface area contributed by atoms with E-state index < -0.39 is 5.97 Å². The second-order valence-corrected chi connectivity index (χ2v) is 6.33. The molecule has 3 aromatic rings. The van der Waals surface area contributed by atoms with Gasteiger partial charge in [-0.15, -0.1) is 21.5 Å². The minimum Gasteiger partial charge on any atom is -0.486 e. The Morgan fingerprint density at radius 2 is 1.96 bits per heavy atom. The summed E-state index contributed by atoms with van der Waals surface area (Å²) in [6.07, 6.45) is 0.0914. The summed E-state index contributed by atoms with van der Waals surface area (Å²) in [4.78, 5) is 16.2. The molecule has 0 aliphatic heterocycles. The first kappa shape index (κ1) is 17.1. The zero-order valence-electron chi connectivity index (χ0n) is 13.9. The number of nitrogens with zero attached hydrogens (tertiary/aromatic N) is 3. The lowest BCUT2D eigenvalue weighted by molar-refractivity contribution is -0.144. The summed E-state index contributed by atoms with van der Waals surface area (Å²) in [6.45, 7) is 4.03. The second-order valence-electron chi connectivity index (χ2n) is 5.39. The summed E-state index contributed by atoms with van der Waals surface area (Å²) in [5, 5.41) is 10.1. The topological polar surface area (TPSA) is 87.3 Å². The summed E-state index contributed by atoms with van der Waals surface area (Å²) in [5.74, 6) is 1.10. The van der Waals surface area contributed by atoms with Crippen LogP contribution in [0.2, 0.25) is 0 Å². The van der Waals surface area contributed by atoms with E-state index in [0.717, 1.165) is 10.8 Å². The van der Waals surface area contributed by atoms with E-state index in [0.29, 0.717) is 18.2 Å². The number of benzene rings is 1. The lowest BCUT2D eigenvalue weighted by atomic mass is 10.2. The summed E-state index contributed by atoms with van der Waals surface area (Å²) in [6, 6.07) is 7.81. The van der Waals surface area contributed by atoms with Gasteiger partial charge in [0.25, 0.3) is 5.89 Å². The summed E-state index contributed by atoms with van der Waals surface area (Å²) < 4.78 is 15.9. The molecule has 2 heterocycles. The zero-order chi connectivity index (χ0) is 17.6. The van der Waals surface area contributed by atoms with Crippen molar-refractivity contribution in [2.75, 3.05) is 0 Å². The summed E-state index contributed by atoms with van der Waals surface area (Å²) >= 11 is 1.45. The lowest BCUT2D eigenvalue weighted by Crippen LogP contribution is -2.08. The van der Waals surface area contributed by atoms with E-state index in [1.165, 1.54) is 16.9 Å². The number of hydrogen-bond donors (Lipinski definition) is 0. The molecule has 3 rings (SSSR count). The number of carbonyl (C=O) groups excluding carboxylic acids is 1. The van der Waals surface area contributed by atoms with Crippen LogP contribution in [0, 0.1) is 13.8 Å². The van der Waals surface area contributed by atoms with Crippen LogP contribution in [0.1, 0.15) is 28.0 Å². The van der Waals surface area contributed by atoms with Crippen molar-refractivity contribution in [2.45, 2.75) is 33.5 Å². The fourth-order valence-corrected chi connectivity index (χ4v) is 2.72. The van der Waals surface area contributed by atoms with E-state index in [2.05, 4.69) is 15.2 Å². The van der Waals surface area contributed by atoms with Crippen LogP contribution in [0.4, 0.5) is 0 Å². The van der Waals surface area contributed by atoms with Gasteiger partial charge in [-0.2, -0.15) is 0 Å². The van der Waals surface area contributed by atoms with Crippen LogP contribution < -0.4 is 4.74 Å². The molecular formula is C17H17N3O4S. The molecule has 0 saturated carbocycles. The molecule has 0 bridgehead atoms. The Morgan fingerprint density at radius 3 is 2.68 bits per heavy atom. The second kappa shape index (κ2) is 7.89. The van der Waals surface area contributed by atoms with E-state index in [9.17, 15) is 4.79 Å². The van der Waals surface area contributed by atoms with Gasteiger partial charge in [0.15, 0.2) is 6.61 Å². The van der Waals surface area contributed by atoms with Gasteiger partial charge in [-0.1, -0.05) is 17.7 Å². The largest absolute Gasteiger partial charge is 0.486 e. The van der Waals surface area contributed by atoms with Gasteiger partial charge in [-0.25, -0.2) is 4.98 Å². The molecule has 1 aromatic carbocycles. The highest BCUT2D eigenvalue weighted by atomic mass is 32.1. The third-order valence-electron chi connectivity index (χ3n) is 3.23. The maximum atomic E-state index is 11.8. The van der Waals surface area contributed by atoms with E-state index in [1.54, 1.807) is 6.92 Å². The first-order valence-corrected chi connectivity index (χ1v) is 8.54. The Balaban J connectivity index is 1.45. The van der Waals surface area contributed by atoms with Gasteiger partial charge in [-0.3, -0.25) is 4.79 Å². The Kier molecular flexibility index (Phi) is 5.39. The van der Waals surface area contributed by atoms with Crippen LogP contribution in [-0.4, -0.2) is 21.2 Å². The minimum absolute atomic E-state index is 0.0345. The van der Waals surface area contributed by atoms with E-state index in [1.807, 2.05) is 36.6 Å². The highest BCUT2D eigenvalue weighted by molar-refractivity contribution is 7.09. The maximum absolute atomic E-state index is 11.8. The number of rotatable bonds is 7.